The highest BCUT2D eigenvalue weighted by atomic mass is 16.5. The Labute approximate surface area is 297 Å². The third kappa shape index (κ3) is 10.5. The van der Waals surface area contributed by atoms with Gasteiger partial charge in [0.25, 0.3) is 0 Å². The third-order valence-electron chi connectivity index (χ3n) is 10.5. The van der Waals surface area contributed by atoms with Crippen LogP contribution in [0.4, 0.5) is 11.4 Å². The average Bonchev–Trinajstić information content (AvgIpc) is 3.09. The van der Waals surface area contributed by atoms with Crippen molar-refractivity contribution in [3.8, 4) is 17.2 Å². The number of hydrogen-bond acceptors (Lipinski definition) is 6. The molecule has 1 aliphatic carbocycles. The predicted molar refractivity (Wildman–Crippen MR) is 208 cm³/mol. The van der Waals surface area contributed by atoms with Crippen LogP contribution >= 0.6 is 0 Å². The Morgan fingerprint density at radius 1 is 0.857 bits per heavy atom. The van der Waals surface area contributed by atoms with Gasteiger partial charge in [-0.15, -0.1) is 0 Å². The first-order chi connectivity index (χ1) is 23.7. The molecule has 0 bridgehead atoms. The van der Waals surface area contributed by atoms with Crippen molar-refractivity contribution in [2.24, 2.45) is 5.41 Å². The first-order valence-electron chi connectivity index (χ1n) is 19.0. The van der Waals surface area contributed by atoms with Gasteiger partial charge in [-0.3, -0.25) is 4.90 Å². The number of aromatic hydroxyl groups is 1. The molecule has 1 heterocycles. The molecule has 0 aromatic heterocycles. The van der Waals surface area contributed by atoms with Crippen molar-refractivity contribution in [3.63, 3.8) is 0 Å². The molecule has 1 fully saturated rings. The number of piperazine rings is 1. The van der Waals surface area contributed by atoms with E-state index in [0.29, 0.717) is 17.2 Å². The minimum absolute atomic E-state index is 0.335. The summed E-state index contributed by atoms with van der Waals surface area (Å²) >= 11 is 0. The lowest BCUT2D eigenvalue weighted by Crippen LogP contribution is -2.47. The molecule has 3 aromatic rings. The Bertz CT molecular complexity index is 1480. The molecule has 0 amide bonds. The molecule has 6 nitrogen and oxygen atoms in total. The van der Waals surface area contributed by atoms with E-state index in [0.717, 1.165) is 76.5 Å². The minimum Gasteiger partial charge on any atom is -0.508 e. The van der Waals surface area contributed by atoms with Crippen LogP contribution in [-0.2, 0) is 0 Å². The summed E-state index contributed by atoms with van der Waals surface area (Å²) in [5.74, 6) is 2.08. The molecule has 49 heavy (non-hydrogen) atoms. The molecule has 1 atom stereocenters. The van der Waals surface area contributed by atoms with Gasteiger partial charge in [-0.05, 0) is 142 Å². The van der Waals surface area contributed by atoms with Crippen molar-refractivity contribution in [3.05, 3.63) is 83.4 Å². The summed E-state index contributed by atoms with van der Waals surface area (Å²) in [6.45, 7) is 22.5. The summed E-state index contributed by atoms with van der Waals surface area (Å²) in [4.78, 5) is 7.73. The Morgan fingerprint density at radius 2 is 1.53 bits per heavy atom. The predicted octanol–water partition coefficient (Wildman–Crippen LogP) is 9.98. The second kappa shape index (κ2) is 17.4. The number of benzene rings is 3. The molecule has 0 spiro atoms. The summed E-state index contributed by atoms with van der Waals surface area (Å²) in [6, 6.07) is 23.3. The lowest BCUT2D eigenvalue weighted by Gasteiger charge is -2.39. The average molecular weight is 667 g/mol. The highest BCUT2D eigenvalue weighted by Crippen LogP contribution is 2.43. The van der Waals surface area contributed by atoms with Gasteiger partial charge in [0.1, 0.15) is 17.2 Å². The fraction of sp³-hybridized carbons (Fsp3) is 0.535. The summed E-state index contributed by atoms with van der Waals surface area (Å²) in [5.41, 5.74) is 8.33. The fourth-order valence-corrected chi connectivity index (χ4v) is 7.64. The highest BCUT2D eigenvalue weighted by Gasteiger charge is 2.29. The van der Waals surface area contributed by atoms with Crippen molar-refractivity contribution >= 4 is 16.9 Å². The third-order valence-corrected chi connectivity index (χ3v) is 10.5. The number of aryl methyl sites for hydroxylation is 1. The van der Waals surface area contributed by atoms with Crippen LogP contribution in [-0.4, -0.2) is 73.3 Å². The van der Waals surface area contributed by atoms with Crippen LogP contribution in [0.3, 0.4) is 0 Å². The first-order valence-corrected chi connectivity index (χ1v) is 19.0. The molecule has 6 heteroatoms. The topological polar surface area (TPSA) is 51.2 Å². The Morgan fingerprint density at radius 3 is 2.16 bits per heavy atom. The smallest absolute Gasteiger partial charge is 0.127 e. The normalized spacial score (nSPS) is 17.4. The lowest BCUT2D eigenvalue weighted by atomic mass is 9.72. The molecule has 1 aliphatic heterocycles. The maximum absolute atomic E-state index is 9.82. The van der Waals surface area contributed by atoms with E-state index in [-0.39, 0.29) is 0 Å². The van der Waals surface area contributed by atoms with E-state index in [4.69, 9.17) is 4.74 Å². The molecule has 5 rings (SSSR count). The molecule has 3 aromatic carbocycles. The van der Waals surface area contributed by atoms with Crippen molar-refractivity contribution in [1.82, 2.24) is 9.80 Å². The van der Waals surface area contributed by atoms with Crippen LogP contribution < -0.4 is 15.0 Å². The molecule has 2 N–H and O–H groups in total. The zero-order valence-corrected chi connectivity index (χ0v) is 31.2. The van der Waals surface area contributed by atoms with E-state index in [9.17, 15) is 5.11 Å². The number of hydrogen-bond donors (Lipinski definition) is 2. The van der Waals surface area contributed by atoms with E-state index < -0.39 is 0 Å². The van der Waals surface area contributed by atoms with Crippen LogP contribution in [0.5, 0.6) is 17.2 Å². The minimum atomic E-state index is 0.335. The molecule has 1 unspecified atom stereocenters. The fourth-order valence-electron chi connectivity index (χ4n) is 7.64. The van der Waals surface area contributed by atoms with Gasteiger partial charge < -0.3 is 25.0 Å². The quantitative estimate of drug-likeness (QED) is 0.159. The standard InChI is InChI=1S/C43H62N4O2/c1-7-23-45(24-8-2)25-21-36(9-3)44-42-19-18-40(30-33(42)4)49-39-16-12-37(13-17-39)47-28-26-46(27-29-47)32-35-31-43(5,6)22-20-41(35)34-10-14-38(48)15-11-34/h10-19,30,36,44,48H,7-9,20-29,31-32H2,1-6H3. The van der Waals surface area contributed by atoms with Gasteiger partial charge in [0.2, 0.25) is 0 Å². The SMILES string of the molecule is CCCN(CCC)CCC(CC)Nc1ccc(Oc2ccc(N3CCN(CC4=C(c5ccc(O)cc5)CCC(C)(C)C4)CC3)cc2)cc1C. The summed E-state index contributed by atoms with van der Waals surface area (Å²) < 4.78 is 6.31. The van der Waals surface area contributed by atoms with Crippen LogP contribution in [0.2, 0.25) is 0 Å². The van der Waals surface area contributed by atoms with Crippen LogP contribution in [0.25, 0.3) is 5.57 Å². The second-order valence-electron chi connectivity index (χ2n) is 15.2. The zero-order valence-electron chi connectivity index (χ0n) is 31.2. The van der Waals surface area contributed by atoms with Crippen molar-refractivity contribution in [2.75, 3.05) is 62.6 Å². The van der Waals surface area contributed by atoms with Gasteiger partial charge in [0.15, 0.2) is 0 Å². The van der Waals surface area contributed by atoms with E-state index in [1.165, 1.54) is 60.4 Å². The van der Waals surface area contributed by atoms with Gasteiger partial charge in [0.05, 0.1) is 0 Å². The highest BCUT2D eigenvalue weighted by molar-refractivity contribution is 5.70. The van der Waals surface area contributed by atoms with E-state index in [2.05, 4.69) is 116 Å². The number of ether oxygens (including phenoxy) is 1. The van der Waals surface area contributed by atoms with Gasteiger partial charge in [0, 0.05) is 56.7 Å². The van der Waals surface area contributed by atoms with Gasteiger partial charge in [-0.1, -0.05) is 52.3 Å². The monoisotopic (exact) mass is 666 g/mol. The largest absolute Gasteiger partial charge is 0.508 e. The number of rotatable bonds is 16. The van der Waals surface area contributed by atoms with E-state index in [1.807, 2.05) is 12.1 Å². The molecule has 1 saturated heterocycles. The second-order valence-corrected chi connectivity index (χ2v) is 15.2. The van der Waals surface area contributed by atoms with Crippen LogP contribution in [0.15, 0.2) is 72.3 Å². The molecule has 266 valence electrons. The van der Waals surface area contributed by atoms with E-state index in [1.54, 1.807) is 5.57 Å². The van der Waals surface area contributed by atoms with E-state index >= 15 is 0 Å². The number of nitrogens with zero attached hydrogens (tertiary/aromatic N) is 3. The van der Waals surface area contributed by atoms with Crippen molar-refractivity contribution < 1.29 is 9.84 Å². The Hall–Kier alpha value is -3.48. The summed E-state index contributed by atoms with van der Waals surface area (Å²) in [6.07, 6.45) is 8.16. The van der Waals surface area contributed by atoms with Crippen molar-refractivity contribution in [2.45, 2.75) is 92.5 Å². The molecule has 0 radical (unpaired) electrons. The molecular weight excluding hydrogens is 604 g/mol. The number of phenols is 1. The molecular formula is C43H62N4O2. The molecule has 0 saturated carbocycles. The van der Waals surface area contributed by atoms with Gasteiger partial charge >= 0.3 is 0 Å². The van der Waals surface area contributed by atoms with Gasteiger partial charge in [-0.2, -0.15) is 0 Å². The Balaban J connectivity index is 1.13. The lowest BCUT2D eigenvalue weighted by molar-refractivity contribution is 0.256. The van der Waals surface area contributed by atoms with Gasteiger partial charge in [-0.25, -0.2) is 0 Å². The number of anilines is 2. The van der Waals surface area contributed by atoms with Crippen molar-refractivity contribution in [1.29, 1.82) is 0 Å². The number of nitrogens with one attached hydrogen (secondary N) is 1. The van der Waals surface area contributed by atoms with Crippen LogP contribution in [0, 0.1) is 12.3 Å². The maximum atomic E-state index is 9.82. The maximum Gasteiger partial charge on any atom is 0.127 e. The summed E-state index contributed by atoms with van der Waals surface area (Å²) in [5, 5.41) is 13.6. The van der Waals surface area contributed by atoms with Crippen LogP contribution in [0.1, 0.15) is 90.7 Å². The summed E-state index contributed by atoms with van der Waals surface area (Å²) in [7, 11) is 0. The Kier molecular flexibility index (Phi) is 13.1. The molecule has 2 aliphatic rings. The number of allylic oxidation sites excluding steroid dienone is 1. The zero-order chi connectivity index (χ0) is 34.8. The first kappa shape index (κ1) is 36.8. The number of phenolic OH excluding ortho intramolecular Hbond substituents is 1.